The van der Waals surface area contributed by atoms with E-state index in [-0.39, 0.29) is 5.75 Å². The van der Waals surface area contributed by atoms with Crippen molar-refractivity contribution in [2.24, 2.45) is 7.05 Å². The fraction of sp³-hybridized carbons (Fsp3) is 0.400. The Bertz CT molecular complexity index is 562. The van der Waals surface area contributed by atoms with Crippen molar-refractivity contribution in [1.29, 1.82) is 0 Å². The van der Waals surface area contributed by atoms with Crippen molar-refractivity contribution in [3.63, 3.8) is 0 Å². The number of aromatic nitrogens is 5. The lowest BCUT2D eigenvalue weighted by atomic mass is 10.4. The summed E-state index contributed by atoms with van der Waals surface area (Å²) in [7, 11) is 1.88. The van der Waals surface area contributed by atoms with Crippen LogP contribution in [0.25, 0.3) is 11.5 Å². The van der Waals surface area contributed by atoms with Crippen LogP contribution in [0.4, 0.5) is 0 Å². The molecule has 2 rings (SSSR count). The minimum atomic E-state index is -0.868. The Morgan fingerprint density at radius 1 is 1.50 bits per heavy atom. The van der Waals surface area contributed by atoms with E-state index in [1.807, 2.05) is 23.1 Å². The molecule has 0 amide bonds. The fourth-order valence-corrected chi connectivity index (χ4v) is 2.29. The van der Waals surface area contributed by atoms with Gasteiger partial charge in [-0.15, -0.1) is 10.2 Å². The number of hydrogen-bond acceptors (Lipinski definition) is 5. The summed E-state index contributed by atoms with van der Waals surface area (Å²) in [6.45, 7) is 2.64. The topological polar surface area (TPSA) is 85.8 Å². The van der Waals surface area contributed by atoms with Gasteiger partial charge in [0.15, 0.2) is 11.0 Å². The van der Waals surface area contributed by atoms with Crippen molar-refractivity contribution < 1.29 is 9.90 Å². The number of carboxylic acid groups (broad SMARTS) is 1. The van der Waals surface area contributed by atoms with Gasteiger partial charge in [0.05, 0.1) is 18.3 Å². The summed E-state index contributed by atoms with van der Waals surface area (Å²) in [4.78, 5) is 14.6. The largest absolute Gasteiger partial charge is 0.481 e. The second-order valence-corrected chi connectivity index (χ2v) is 4.57. The van der Waals surface area contributed by atoms with E-state index >= 15 is 0 Å². The van der Waals surface area contributed by atoms with Gasteiger partial charge in [0.2, 0.25) is 0 Å². The van der Waals surface area contributed by atoms with Crippen LogP contribution in [0.2, 0.25) is 0 Å². The van der Waals surface area contributed by atoms with Gasteiger partial charge in [0.1, 0.15) is 5.69 Å². The maximum atomic E-state index is 10.6. The highest BCUT2D eigenvalue weighted by atomic mass is 32.2. The summed E-state index contributed by atoms with van der Waals surface area (Å²) in [5, 5.41) is 17.4. The number of carbonyl (C=O) groups is 1. The molecule has 0 saturated heterocycles. The molecule has 0 aliphatic heterocycles. The van der Waals surface area contributed by atoms with Crippen LogP contribution in [0, 0.1) is 0 Å². The summed E-state index contributed by atoms with van der Waals surface area (Å²) >= 11 is 1.16. The van der Waals surface area contributed by atoms with Gasteiger partial charge in [-0.25, -0.2) is 4.98 Å². The van der Waals surface area contributed by atoms with Gasteiger partial charge in [0, 0.05) is 13.6 Å². The first-order chi connectivity index (χ1) is 8.63. The lowest BCUT2D eigenvalue weighted by Crippen LogP contribution is -2.04. The number of aryl methyl sites for hydroxylation is 1. The first kappa shape index (κ1) is 12.6. The predicted molar refractivity (Wildman–Crippen MR) is 66.3 cm³/mol. The molecule has 18 heavy (non-hydrogen) atoms. The van der Waals surface area contributed by atoms with Crippen LogP contribution < -0.4 is 0 Å². The van der Waals surface area contributed by atoms with Crippen molar-refractivity contribution >= 4 is 17.7 Å². The smallest absolute Gasteiger partial charge is 0.313 e. The second kappa shape index (κ2) is 5.21. The van der Waals surface area contributed by atoms with E-state index in [4.69, 9.17) is 5.11 Å². The van der Waals surface area contributed by atoms with Crippen LogP contribution in [0.3, 0.4) is 0 Å². The molecule has 0 aliphatic rings. The van der Waals surface area contributed by atoms with Gasteiger partial charge in [-0.1, -0.05) is 11.8 Å². The molecule has 0 unspecified atom stereocenters. The summed E-state index contributed by atoms with van der Waals surface area (Å²) in [5.74, 6) is -0.193. The molecule has 0 atom stereocenters. The average molecular weight is 267 g/mol. The first-order valence-corrected chi connectivity index (χ1v) is 6.36. The highest BCUT2D eigenvalue weighted by Crippen LogP contribution is 2.23. The molecular weight excluding hydrogens is 254 g/mol. The molecule has 2 aromatic rings. The summed E-state index contributed by atoms with van der Waals surface area (Å²) in [6.07, 6.45) is 3.40. The van der Waals surface area contributed by atoms with Crippen LogP contribution in [-0.4, -0.2) is 41.1 Å². The molecule has 96 valence electrons. The SMILES string of the molecule is CCn1c(SCC(=O)O)nnc1-c1cncn1C. The molecule has 0 radical (unpaired) electrons. The minimum absolute atomic E-state index is 0.0243. The summed E-state index contributed by atoms with van der Waals surface area (Å²) in [5.41, 5.74) is 0.853. The maximum Gasteiger partial charge on any atom is 0.313 e. The molecule has 0 saturated carbocycles. The van der Waals surface area contributed by atoms with E-state index < -0.39 is 5.97 Å². The monoisotopic (exact) mass is 267 g/mol. The zero-order valence-corrected chi connectivity index (χ0v) is 10.9. The molecule has 2 heterocycles. The van der Waals surface area contributed by atoms with Crippen molar-refractivity contribution in [1.82, 2.24) is 24.3 Å². The van der Waals surface area contributed by atoms with E-state index in [1.54, 1.807) is 12.5 Å². The molecule has 8 heteroatoms. The lowest BCUT2D eigenvalue weighted by molar-refractivity contribution is -0.133. The van der Waals surface area contributed by atoms with Crippen molar-refractivity contribution in [2.75, 3.05) is 5.75 Å². The van der Waals surface area contributed by atoms with Crippen molar-refractivity contribution in [3.8, 4) is 11.5 Å². The third-order valence-corrected chi connectivity index (χ3v) is 3.36. The minimum Gasteiger partial charge on any atom is -0.481 e. The number of imidazole rings is 1. The molecule has 0 bridgehead atoms. The second-order valence-electron chi connectivity index (χ2n) is 3.62. The Balaban J connectivity index is 2.33. The van der Waals surface area contributed by atoms with E-state index in [2.05, 4.69) is 15.2 Å². The molecule has 0 fully saturated rings. The Kier molecular flexibility index (Phi) is 3.66. The van der Waals surface area contributed by atoms with Gasteiger partial charge < -0.3 is 14.2 Å². The fourth-order valence-electron chi connectivity index (χ4n) is 1.57. The quantitative estimate of drug-likeness (QED) is 0.809. The summed E-state index contributed by atoms with van der Waals surface area (Å²) < 4.78 is 3.73. The molecule has 7 nitrogen and oxygen atoms in total. The number of hydrogen-bond donors (Lipinski definition) is 1. The number of nitrogens with zero attached hydrogens (tertiary/aromatic N) is 5. The lowest BCUT2D eigenvalue weighted by Gasteiger charge is -2.06. The standard InChI is InChI=1S/C10H13N5O2S/c1-3-15-9(7-4-11-6-14(7)2)12-13-10(15)18-5-8(16)17/h4,6H,3,5H2,1-2H3,(H,16,17). The third kappa shape index (κ3) is 2.37. The highest BCUT2D eigenvalue weighted by molar-refractivity contribution is 7.99. The van der Waals surface area contributed by atoms with E-state index in [0.29, 0.717) is 17.5 Å². The average Bonchev–Trinajstić information content (AvgIpc) is 2.91. The van der Waals surface area contributed by atoms with Crippen LogP contribution in [0.1, 0.15) is 6.92 Å². The molecule has 2 aromatic heterocycles. The number of aliphatic carboxylic acids is 1. The van der Waals surface area contributed by atoms with Crippen molar-refractivity contribution in [2.45, 2.75) is 18.6 Å². The Hall–Kier alpha value is -1.83. The highest BCUT2D eigenvalue weighted by Gasteiger charge is 2.16. The Labute approximate surface area is 108 Å². The van der Waals surface area contributed by atoms with Crippen LogP contribution in [-0.2, 0) is 18.4 Å². The Morgan fingerprint density at radius 3 is 2.83 bits per heavy atom. The van der Waals surface area contributed by atoms with Gasteiger partial charge in [-0.2, -0.15) is 0 Å². The number of rotatable bonds is 5. The zero-order chi connectivity index (χ0) is 13.1. The molecular formula is C10H13N5O2S. The molecule has 0 spiro atoms. The maximum absolute atomic E-state index is 10.6. The number of thioether (sulfide) groups is 1. The van der Waals surface area contributed by atoms with Gasteiger partial charge in [-0.05, 0) is 6.92 Å². The van der Waals surface area contributed by atoms with Gasteiger partial charge >= 0.3 is 5.97 Å². The molecule has 0 aromatic carbocycles. The molecule has 0 aliphatic carbocycles. The predicted octanol–water partition coefficient (Wildman–Crippen LogP) is 0.875. The first-order valence-electron chi connectivity index (χ1n) is 5.38. The summed E-state index contributed by atoms with van der Waals surface area (Å²) in [6, 6.07) is 0. The van der Waals surface area contributed by atoms with Crippen LogP contribution >= 0.6 is 11.8 Å². The van der Waals surface area contributed by atoms with E-state index in [1.165, 1.54) is 0 Å². The van der Waals surface area contributed by atoms with Gasteiger partial charge in [0.25, 0.3) is 0 Å². The van der Waals surface area contributed by atoms with E-state index in [0.717, 1.165) is 17.5 Å². The molecule has 1 N–H and O–H groups in total. The third-order valence-electron chi connectivity index (χ3n) is 2.40. The zero-order valence-electron chi connectivity index (χ0n) is 10.1. The van der Waals surface area contributed by atoms with Gasteiger partial charge in [-0.3, -0.25) is 4.79 Å². The normalized spacial score (nSPS) is 10.8. The van der Waals surface area contributed by atoms with Crippen molar-refractivity contribution in [3.05, 3.63) is 12.5 Å². The van der Waals surface area contributed by atoms with Crippen LogP contribution in [0.5, 0.6) is 0 Å². The van der Waals surface area contributed by atoms with Crippen LogP contribution in [0.15, 0.2) is 17.7 Å². The Morgan fingerprint density at radius 2 is 2.28 bits per heavy atom. The van der Waals surface area contributed by atoms with E-state index in [9.17, 15) is 4.79 Å². The number of carboxylic acids is 1.